The van der Waals surface area contributed by atoms with Crippen LogP contribution in [-0.4, -0.2) is 31.4 Å². The Hall–Kier alpha value is -1.98. The standard InChI is InChI=1S/C20H24ClN3OS/c1-14-12-15-6-3-4-7-18(15)24(14)11-5-10-22-20(26)23-16-8-9-19(25-2)17(21)13-16/h3-4,6-9,13-14H,5,10-12H2,1-2H3,(H2,22,23,26)/t14-/m1/s1. The molecule has 1 aliphatic heterocycles. The molecule has 0 spiro atoms. The van der Waals surface area contributed by atoms with Gasteiger partial charge in [-0.1, -0.05) is 29.8 Å². The van der Waals surface area contributed by atoms with Crippen molar-refractivity contribution in [1.82, 2.24) is 5.32 Å². The lowest BCUT2D eigenvalue weighted by Gasteiger charge is -2.25. The number of ether oxygens (including phenoxy) is 1. The molecule has 138 valence electrons. The highest BCUT2D eigenvalue weighted by molar-refractivity contribution is 7.80. The van der Waals surface area contributed by atoms with E-state index in [4.69, 9.17) is 28.6 Å². The monoisotopic (exact) mass is 389 g/mol. The van der Waals surface area contributed by atoms with Crippen LogP contribution in [0.5, 0.6) is 5.75 Å². The van der Waals surface area contributed by atoms with Gasteiger partial charge in [-0.25, -0.2) is 0 Å². The van der Waals surface area contributed by atoms with Crippen LogP contribution in [0.15, 0.2) is 42.5 Å². The summed E-state index contributed by atoms with van der Waals surface area (Å²) in [7, 11) is 1.60. The largest absolute Gasteiger partial charge is 0.495 e. The zero-order valence-electron chi connectivity index (χ0n) is 15.1. The van der Waals surface area contributed by atoms with Crippen LogP contribution in [0.3, 0.4) is 0 Å². The van der Waals surface area contributed by atoms with Crippen molar-refractivity contribution < 1.29 is 4.74 Å². The molecule has 0 bridgehead atoms. The van der Waals surface area contributed by atoms with Gasteiger partial charge in [-0.05, 0) is 61.8 Å². The quantitative estimate of drug-likeness (QED) is 0.562. The third kappa shape index (κ3) is 4.40. The summed E-state index contributed by atoms with van der Waals surface area (Å²) < 4.78 is 5.15. The van der Waals surface area contributed by atoms with Crippen LogP contribution in [0.4, 0.5) is 11.4 Å². The average molecular weight is 390 g/mol. The zero-order chi connectivity index (χ0) is 18.5. The lowest BCUT2D eigenvalue weighted by Crippen LogP contribution is -2.34. The molecule has 0 amide bonds. The number of benzene rings is 2. The van der Waals surface area contributed by atoms with Crippen LogP contribution in [0.1, 0.15) is 18.9 Å². The summed E-state index contributed by atoms with van der Waals surface area (Å²) in [6, 6.07) is 14.7. The second kappa shape index (κ2) is 8.60. The van der Waals surface area contributed by atoms with E-state index in [0.717, 1.165) is 31.6 Å². The predicted octanol–water partition coefficient (Wildman–Crippen LogP) is 4.48. The van der Waals surface area contributed by atoms with E-state index in [1.165, 1.54) is 11.3 Å². The molecule has 2 aromatic rings. The summed E-state index contributed by atoms with van der Waals surface area (Å²) in [5.41, 5.74) is 3.66. The van der Waals surface area contributed by atoms with Gasteiger partial charge in [0.2, 0.25) is 0 Å². The van der Waals surface area contributed by atoms with Crippen molar-refractivity contribution >= 4 is 40.3 Å². The molecule has 6 heteroatoms. The number of thiocarbonyl (C=S) groups is 1. The molecular weight excluding hydrogens is 366 g/mol. The SMILES string of the molecule is COc1ccc(NC(=S)NCCCN2c3ccccc3C[C@H]2C)cc1Cl. The fraction of sp³-hybridized carbons (Fsp3) is 0.350. The first kappa shape index (κ1) is 18.8. The highest BCUT2D eigenvalue weighted by Gasteiger charge is 2.24. The average Bonchev–Trinajstić information content (AvgIpc) is 2.94. The van der Waals surface area contributed by atoms with Crippen LogP contribution in [-0.2, 0) is 6.42 Å². The third-order valence-electron chi connectivity index (χ3n) is 4.62. The Kier molecular flexibility index (Phi) is 6.22. The maximum absolute atomic E-state index is 6.13. The van der Waals surface area contributed by atoms with Gasteiger partial charge in [-0.15, -0.1) is 0 Å². The normalized spacial score (nSPS) is 15.5. The lowest BCUT2D eigenvalue weighted by molar-refractivity contribution is 0.415. The number of para-hydroxylation sites is 1. The van der Waals surface area contributed by atoms with E-state index in [9.17, 15) is 0 Å². The Morgan fingerprint density at radius 3 is 2.88 bits per heavy atom. The van der Waals surface area contributed by atoms with Crippen LogP contribution >= 0.6 is 23.8 Å². The Morgan fingerprint density at radius 1 is 1.31 bits per heavy atom. The smallest absolute Gasteiger partial charge is 0.170 e. The fourth-order valence-corrected chi connectivity index (χ4v) is 3.82. The number of hydrogen-bond donors (Lipinski definition) is 2. The fourth-order valence-electron chi connectivity index (χ4n) is 3.34. The Morgan fingerprint density at radius 2 is 2.12 bits per heavy atom. The van der Waals surface area contributed by atoms with Gasteiger partial charge in [-0.3, -0.25) is 0 Å². The number of hydrogen-bond acceptors (Lipinski definition) is 3. The summed E-state index contributed by atoms with van der Waals surface area (Å²) in [5, 5.41) is 7.57. The van der Waals surface area contributed by atoms with Gasteiger partial charge >= 0.3 is 0 Å². The van der Waals surface area contributed by atoms with Crippen molar-refractivity contribution in [3.05, 3.63) is 53.1 Å². The van der Waals surface area contributed by atoms with Crippen LogP contribution in [0.25, 0.3) is 0 Å². The highest BCUT2D eigenvalue weighted by atomic mass is 35.5. The van der Waals surface area contributed by atoms with Crippen LogP contribution in [0.2, 0.25) is 5.02 Å². The molecule has 3 rings (SSSR count). The first-order valence-corrected chi connectivity index (χ1v) is 9.60. The van der Waals surface area contributed by atoms with Gasteiger partial charge in [0.1, 0.15) is 5.75 Å². The minimum absolute atomic E-state index is 0.555. The van der Waals surface area contributed by atoms with Crippen molar-refractivity contribution in [2.45, 2.75) is 25.8 Å². The van der Waals surface area contributed by atoms with E-state index >= 15 is 0 Å². The molecule has 0 fully saturated rings. The van der Waals surface area contributed by atoms with Gasteiger partial charge in [0.05, 0.1) is 12.1 Å². The molecule has 1 atom stereocenters. The Bertz CT molecular complexity index is 783. The van der Waals surface area contributed by atoms with Gasteiger partial charge in [0.25, 0.3) is 0 Å². The summed E-state index contributed by atoms with van der Waals surface area (Å²) in [4.78, 5) is 2.48. The molecule has 0 saturated carbocycles. The number of nitrogens with one attached hydrogen (secondary N) is 2. The lowest BCUT2D eigenvalue weighted by atomic mass is 10.1. The maximum Gasteiger partial charge on any atom is 0.170 e. The van der Waals surface area contributed by atoms with E-state index < -0.39 is 0 Å². The molecule has 26 heavy (non-hydrogen) atoms. The van der Waals surface area contributed by atoms with E-state index in [1.54, 1.807) is 13.2 Å². The Labute approximate surface area is 165 Å². The van der Waals surface area contributed by atoms with Crippen molar-refractivity contribution in [3.8, 4) is 5.75 Å². The van der Waals surface area contributed by atoms with Crippen molar-refractivity contribution in [1.29, 1.82) is 0 Å². The van der Waals surface area contributed by atoms with Crippen LogP contribution in [0, 0.1) is 0 Å². The molecular formula is C20H24ClN3OS. The number of fused-ring (bicyclic) bond motifs is 1. The topological polar surface area (TPSA) is 36.5 Å². The summed E-state index contributed by atoms with van der Waals surface area (Å²) in [6.07, 6.45) is 2.14. The molecule has 2 aromatic carbocycles. The molecule has 0 aromatic heterocycles. The van der Waals surface area contributed by atoms with Gasteiger partial charge in [0.15, 0.2) is 5.11 Å². The first-order chi connectivity index (χ1) is 12.6. The second-order valence-corrected chi connectivity index (χ2v) is 7.27. The van der Waals surface area contributed by atoms with Crippen molar-refractivity contribution in [2.24, 2.45) is 0 Å². The molecule has 1 heterocycles. The Balaban J connectivity index is 1.44. The number of rotatable bonds is 6. The van der Waals surface area contributed by atoms with Gasteiger partial charge in [-0.2, -0.15) is 0 Å². The summed E-state index contributed by atoms with van der Waals surface area (Å²) in [5.74, 6) is 0.649. The zero-order valence-corrected chi connectivity index (χ0v) is 16.7. The molecule has 1 aliphatic rings. The first-order valence-electron chi connectivity index (χ1n) is 8.81. The highest BCUT2D eigenvalue weighted by Crippen LogP contribution is 2.31. The van der Waals surface area contributed by atoms with E-state index in [2.05, 4.69) is 46.7 Å². The summed E-state index contributed by atoms with van der Waals surface area (Å²) in [6.45, 7) is 4.12. The molecule has 0 radical (unpaired) electrons. The van der Waals surface area contributed by atoms with E-state index in [0.29, 0.717) is 21.9 Å². The number of halogens is 1. The molecule has 0 aliphatic carbocycles. The van der Waals surface area contributed by atoms with E-state index in [1.807, 2.05) is 12.1 Å². The maximum atomic E-state index is 6.13. The van der Waals surface area contributed by atoms with Crippen molar-refractivity contribution in [3.63, 3.8) is 0 Å². The van der Waals surface area contributed by atoms with Gasteiger partial charge < -0.3 is 20.3 Å². The third-order valence-corrected chi connectivity index (χ3v) is 5.16. The molecule has 4 nitrogen and oxygen atoms in total. The molecule has 0 unspecified atom stereocenters. The second-order valence-electron chi connectivity index (χ2n) is 6.46. The van der Waals surface area contributed by atoms with Crippen LogP contribution < -0.4 is 20.3 Å². The minimum atomic E-state index is 0.555. The summed E-state index contributed by atoms with van der Waals surface area (Å²) >= 11 is 11.5. The number of anilines is 2. The van der Waals surface area contributed by atoms with Gasteiger partial charge in [0, 0.05) is 30.5 Å². The van der Waals surface area contributed by atoms with Crippen molar-refractivity contribution in [2.75, 3.05) is 30.4 Å². The number of nitrogens with zero attached hydrogens (tertiary/aromatic N) is 1. The van der Waals surface area contributed by atoms with E-state index in [-0.39, 0.29) is 0 Å². The number of methoxy groups -OCH3 is 1. The predicted molar refractivity (Wildman–Crippen MR) is 114 cm³/mol. The minimum Gasteiger partial charge on any atom is -0.495 e. The molecule has 0 saturated heterocycles. The molecule has 2 N–H and O–H groups in total.